The summed E-state index contributed by atoms with van der Waals surface area (Å²) < 4.78 is 6.19. The second-order valence-corrected chi connectivity index (χ2v) is 8.12. The first-order valence-electron chi connectivity index (χ1n) is 10.9. The van der Waals surface area contributed by atoms with Gasteiger partial charge in [0.25, 0.3) is 0 Å². The predicted molar refractivity (Wildman–Crippen MR) is 124 cm³/mol. The van der Waals surface area contributed by atoms with E-state index in [2.05, 4.69) is 55.2 Å². The number of hydrogen-bond donors (Lipinski definition) is 4. The van der Waals surface area contributed by atoms with Crippen molar-refractivity contribution in [2.24, 2.45) is 0 Å². The normalized spacial score (nSPS) is 16.1. The lowest BCUT2D eigenvalue weighted by Gasteiger charge is -2.27. The second kappa shape index (κ2) is 9.35. The quantitative estimate of drug-likeness (QED) is 0.342. The first kappa shape index (κ1) is 21.0. The molecule has 0 saturated heterocycles. The van der Waals surface area contributed by atoms with Crippen LogP contribution in [0, 0.1) is 0 Å². The predicted octanol–water partition coefficient (Wildman–Crippen LogP) is 2.53. The molecule has 0 spiro atoms. The van der Waals surface area contributed by atoms with Crippen LogP contribution in [0.3, 0.4) is 0 Å². The van der Waals surface area contributed by atoms with E-state index in [-0.39, 0.29) is 6.10 Å². The molecule has 2 atom stereocenters. The Morgan fingerprint density at radius 3 is 2.67 bits per heavy atom. The zero-order valence-electron chi connectivity index (χ0n) is 18.0. The van der Waals surface area contributed by atoms with Crippen molar-refractivity contribution >= 4 is 5.82 Å². The summed E-state index contributed by atoms with van der Waals surface area (Å²) in [5.74, 6) is 2.01. The molecule has 4 aromatic rings. The van der Waals surface area contributed by atoms with Gasteiger partial charge in [-0.05, 0) is 58.2 Å². The number of nitrogen functional groups attached to an aromatic ring is 1. The molecule has 9 heteroatoms. The van der Waals surface area contributed by atoms with Crippen LogP contribution in [0.1, 0.15) is 23.7 Å². The minimum atomic E-state index is -0.636. The summed E-state index contributed by atoms with van der Waals surface area (Å²) in [5, 5.41) is 27.6. The highest BCUT2D eigenvalue weighted by Gasteiger charge is 2.20. The third-order valence-electron chi connectivity index (χ3n) is 5.83. The maximum Gasteiger partial charge on any atom is 0.179 e. The Bertz CT molecular complexity index is 1190. The number of pyridine rings is 1. The molecular weight excluding hydrogens is 418 g/mol. The van der Waals surface area contributed by atoms with Crippen molar-refractivity contribution in [1.82, 2.24) is 30.9 Å². The summed E-state index contributed by atoms with van der Waals surface area (Å²) in [6.07, 6.45) is 2.89. The van der Waals surface area contributed by atoms with Crippen LogP contribution in [0.15, 0.2) is 60.8 Å². The van der Waals surface area contributed by atoms with Gasteiger partial charge in [-0.15, -0.1) is 5.10 Å². The summed E-state index contributed by atoms with van der Waals surface area (Å²) in [7, 11) is 0. The van der Waals surface area contributed by atoms with Crippen molar-refractivity contribution in [3.05, 3.63) is 71.9 Å². The summed E-state index contributed by atoms with van der Waals surface area (Å²) in [6.45, 7) is 1.09. The fraction of sp³-hybridized carbons (Fsp3) is 0.250. The SMILES string of the molecule is Nc1ccc([C@@H](O)CNC[C@H]2CCc3cc(-c4ccc(-c5nnn[nH]5)cc4)ccc3O2)cn1. The van der Waals surface area contributed by atoms with Crippen molar-refractivity contribution in [1.29, 1.82) is 0 Å². The van der Waals surface area contributed by atoms with Crippen molar-refractivity contribution < 1.29 is 9.84 Å². The first-order chi connectivity index (χ1) is 16.2. The third-order valence-corrected chi connectivity index (χ3v) is 5.83. The van der Waals surface area contributed by atoms with Gasteiger partial charge in [-0.1, -0.05) is 36.4 Å². The Hall–Kier alpha value is -3.82. The highest BCUT2D eigenvalue weighted by Crippen LogP contribution is 2.32. The lowest BCUT2D eigenvalue weighted by molar-refractivity contribution is 0.146. The molecule has 0 unspecified atom stereocenters. The minimum absolute atomic E-state index is 0.0647. The largest absolute Gasteiger partial charge is 0.489 e. The van der Waals surface area contributed by atoms with E-state index in [1.807, 2.05) is 18.2 Å². The molecule has 5 N–H and O–H groups in total. The number of tetrazole rings is 1. The number of rotatable bonds is 7. The Morgan fingerprint density at radius 2 is 1.91 bits per heavy atom. The van der Waals surface area contributed by atoms with E-state index < -0.39 is 6.10 Å². The Labute approximate surface area is 191 Å². The van der Waals surface area contributed by atoms with Crippen LogP contribution in [0.4, 0.5) is 5.82 Å². The smallest absolute Gasteiger partial charge is 0.179 e. The number of ether oxygens (including phenoxy) is 1. The number of aromatic amines is 1. The molecule has 9 nitrogen and oxygen atoms in total. The molecule has 0 fully saturated rings. The highest BCUT2D eigenvalue weighted by atomic mass is 16.5. The van der Waals surface area contributed by atoms with Gasteiger partial charge in [0.05, 0.1) is 6.10 Å². The van der Waals surface area contributed by atoms with Crippen LogP contribution in [0.5, 0.6) is 5.75 Å². The molecule has 168 valence electrons. The van der Waals surface area contributed by atoms with Gasteiger partial charge in [-0.25, -0.2) is 10.1 Å². The van der Waals surface area contributed by atoms with Crippen LogP contribution in [0.2, 0.25) is 0 Å². The number of benzene rings is 2. The Morgan fingerprint density at radius 1 is 1.09 bits per heavy atom. The van der Waals surface area contributed by atoms with E-state index in [0.717, 1.165) is 40.8 Å². The van der Waals surface area contributed by atoms with E-state index in [0.29, 0.717) is 24.7 Å². The zero-order chi connectivity index (χ0) is 22.6. The number of aryl methyl sites for hydroxylation is 1. The van der Waals surface area contributed by atoms with E-state index >= 15 is 0 Å². The lowest BCUT2D eigenvalue weighted by atomic mass is 9.96. The fourth-order valence-corrected chi connectivity index (χ4v) is 3.98. The summed E-state index contributed by atoms with van der Waals surface area (Å²) in [5.41, 5.74) is 10.8. The molecule has 0 amide bonds. The van der Waals surface area contributed by atoms with Gasteiger partial charge in [-0.2, -0.15) is 0 Å². The molecule has 1 aliphatic rings. The number of aliphatic hydroxyl groups is 1. The van der Waals surface area contributed by atoms with Crippen molar-refractivity contribution in [3.63, 3.8) is 0 Å². The van der Waals surface area contributed by atoms with Gasteiger partial charge in [0.1, 0.15) is 17.7 Å². The van der Waals surface area contributed by atoms with Gasteiger partial charge in [0, 0.05) is 30.4 Å². The van der Waals surface area contributed by atoms with Crippen molar-refractivity contribution in [3.8, 4) is 28.3 Å². The third kappa shape index (κ3) is 4.84. The summed E-state index contributed by atoms with van der Waals surface area (Å²) in [6, 6.07) is 17.9. The van der Waals surface area contributed by atoms with Gasteiger partial charge in [0.15, 0.2) is 5.82 Å². The molecule has 0 bridgehead atoms. The van der Waals surface area contributed by atoms with Gasteiger partial charge in [0.2, 0.25) is 0 Å². The second-order valence-electron chi connectivity index (χ2n) is 8.12. The number of nitrogens with two attached hydrogens (primary N) is 1. The van der Waals surface area contributed by atoms with Crippen LogP contribution in [-0.2, 0) is 6.42 Å². The summed E-state index contributed by atoms with van der Waals surface area (Å²) in [4.78, 5) is 4.02. The van der Waals surface area contributed by atoms with E-state index in [9.17, 15) is 5.11 Å². The Kier molecular flexibility index (Phi) is 5.97. The average molecular weight is 444 g/mol. The maximum absolute atomic E-state index is 10.3. The van der Waals surface area contributed by atoms with Crippen LogP contribution in [0.25, 0.3) is 22.5 Å². The monoisotopic (exact) mass is 443 g/mol. The molecular formula is C24H25N7O2. The average Bonchev–Trinajstić information content (AvgIpc) is 3.39. The number of aromatic nitrogens is 5. The number of anilines is 1. The number of H-pyrrole nitrogens is 1. The number of hydrogen-bond acceptors (Lipinski definition) is 8. The molecule has 5 rings (SSSR count). The van der Waals surface area contributed by atoms with Crippen LogP contribution >= 0.6 is 0 Å². The van der Waals surface area contributed by atoms with Gasteiger partial charge >= 0.3 is 0 Å². The van der Waals surface area contributed by atoms with E-state index in [4.69, 9.17) is 10.5 Å². The molecule has 2 aromatic carbocycles. The molecule has 0 aliphatic carbocycles. The first-order valence-corrected chi connectivity index (χ1v) is 10.9. The maximum atomic E-state index is 10.3. The number of aliphatic hydroxyl groups excluding tert-OH is 1. The molecule has 2 aromatic heterocycles. The van der Waals surface area contributed by atoms with Crippen molar-refractivity contribution in [2.45, 2.75) is 25.0 Å². The standard InChI is InChI=1S/C24H25N7O2/c25-23-10-7-19(12-27-23)21(32)14-26-13-20-8-5-18-11-17(6-9-22(18)33-20)15-1-3-16(4-2-15)24-28-30-31-29-24/h1-4,6-7,9-12,20-21,26,32H,5,8,13-14H2,(H2,25,27)(H,28,29,30,31)/t20-,21+/m1/s1. The topological polar surface area (TPSA) is 135 Å². The number of nitrogens with zero attached hydrogens (tertiary/aromatic N) is 4. The summed E-state index contributed by atoms with van der Waals surface area (Å²) >= 11 is 0. The molecule has 0 saturated carbocycles. The van der Waals surface area contributed by atoms with Crippen LogP contribution < -0.4 is 15.8 Å². The number of fused-ring (bicyclic) bond motifs is 1. The molecule has 1 aliphatic heterocycles. The van der Waals surface area contributed by atoms with Crippen LogP contribution in [-0.4, -0.2) is 49.9 Å². The fourth-order valence-electron chi connectivity index (χ4n) is 3.98. The Balaban J connectivity index is 1.17. The molecule has 33 heavy (non-hydrogen) atoms. The van der Waals surface area contributed by atoms with Gasteiger partial charge in [-0.3, -0.25) is 0 Å². The molecule has 0 radical (unpaired) electrons. The van der Waals surface area contributed by atoms with E-state index in [1.165, 1.54) is 5.56 Å². The molecule has 3 heterocycles. The lowest BCUT2D eigenvalue weighted by Crippen LogP contribution is -2.36. The highest BCUT2D eigenvalue weighted by molar-refractivity contribution is 5.69. The zero-order valence-corrected chi connectivity index (χ0v) is 18.0. The van der Waals surface area contributed by atoms with E-state index in [1.54, 1.807) is 18.3 Å². The van der Waals surface area contributed by atoms with Gasteiger partial charge < -0.3 is 20.9 Å². The minimum Gasteiger partial charge on any atom is -0.489 e. The number of nitrogens with one attached hydrogen (secondary N) is 2. The van der Waals surface area contributed by atoms with Crippen molar-refractivity contribution in [2.75, 3.05) is 18.8 Å².